The van der Waals surface area contributed by atoms with Gasteiger partial charge in [0.25, 0.3) is 0 Å². The van der Waals surface area contributed by atoms with Crippen LogP contribution in [0.1, 0.15) is 48.0 Å². The summed E-state index contributed by atoms with van der Waals surface area (Å²) >= 11 is 0. The number of fused-ring (bicyclic) bond motifs is 2. The smallest absolute Gasteiger partial charge is 0.412 e. The molecule has 5 heteroatoms. The minimum absolute atomic E-state index is 0.00143. The number of rotatable bonds is 3. The van der Waals surface area contributed by atoms with Gasteiger partial charge >= 0.3 is 6.09 Å². The lowest BCUT2D eigenvalue weighted by molar-refractivity contribution is 0.0635. The van der Waals surface area contributed by atoms with Crippen LogP contribution in [0.3, 0.4) is 0 Å². The van der Waals surface area contributed by atoms with E-state index in [0.29, 0.717) is 17.8 Å². The van der Waals surface area contributed by atoms with Crippen LogP contribution in [0.2, 0.25) is 0 Å². The van der Waals surface area contributed by atoms with Gasteiger partial charge in [-0.25, -0.2) is 4.79 Å². The van der Waals surface area contributed by atoms with Crippen molar-refractivity contribution in [2.24, 2.45) is 0 Å². The number of aromatic amines is 1. The van der Waals surface area contributed by atoms with Gasteiger partial charge in [-0.2, -0.15) is 0 Å². The van der Waals surface area contributed by atoms with E-state index in [4.69, 9.17) is 4.74 Å². The van der Waals surface area contributed by atoms with Crippen LogP contribution >= 0.6 is 0 Å². The van der Waals surface area contributed by atoms with Gasteiger partial charge in [-0.1, -0.05) is 18.2 Å². The third-order valence-corrected chi connectivity index (χ3v) is 4.92. The number of ether oxygens (including phenoxy) is 1. The minimum atomic E-state index is -0.557. The number of Topliss-reactive ketones (excluding diaryl/α,β-unsaturated/α-hetero) is 1. The summed E-state index contributed by atoms with van der Waals surface area (Å²) in [6, 6.07) is 13.6. The number of benzene rings is 2. The molecule has 0 atom stereocenters. The highest BCUT2D eigenvalue weighted by Gasteiger charge is 2.22. The molecule has 0 radical (unpaired) electrons. The molecule has 29 heavy (non-hydrogen) atoms. The van der Waals surface area contributed by atoms with Gasteiger partial charge in [0, 0.05) is 28.6 Å². The Morgan fingerprint density at radius 1 is 1.10 bits per heavy atom. The molecular formula is C24H24N2O3. The molecule has 4 rings (SSSR count). The third kappa shape index (κ3) is 3.94. The molecule has 1 aliphatic rings. The molecule has 0 unspecified atom stereocenters. The molecular weight excluding hydrogens is 364 g/mol. The summed E-state index contributed by atoms with van der Waals surface area (Å²) in [5.74, 6) is -0.00143. The van der Waals surface area contributed by atoms with Crippen LogP contribution in [-0.2, 0) is 11.2 Å². The average molecular weight is 388 g/mol. The van der Waals surface area contributed by atoms with E-state index in [1.165, 1.54) is 0 Å². The molecule has 1 aromatic heterocycles. The van der Waals surface area contributed by atoms with E-state index < -0.39 is 11.7 Å². The zero-order valence-corrected chi connectivity index (χ0v) is 17.1. The van der Waals surface area contributed by atoms with Crippen molar-refractivity contribution in [1.29, 1.82) is 0 Å². The lowest BCUT2D eigenvalue weighted by Crippen LogP contribution is -2.27. The molecule has 2 aromatic carbocycles. The third-order valence-electron chi connectivity index (χ3n) is 4.92. The number of H-pyrrole nitrogens is 1. The fourth-order valence-corrected chi connectivity index (χ4v) is 3.58. The van der Waals surface area contributed by atoms with Crippen LogP contribution in [0.25, 0.3) is 17.0 Å². The highest BCUT2D eigenvalue weighted by Crippen LogP contribution is 2.30. The van der Waals surface area contributed by atoms with Crippen LogP contribution in [0.15, 0.2) is 48.0 Å². The second-order valence-electron chi connectivity index (χ2n) is 8.44. The highest BCUT2D eigenvalue weighted by molar-refractivity contribution is 6.13. The predicted molar refractivity (Wildman–Crippen MR) is 115 cm³/mol. The topological polar surface area (TPSA) is 71.2 Å². The van der Waals surface area contributed by atoms with Crippen molar-refractivity contribution in [1.82, 2.24) is 4.98 Å². The molecule has 0 aliphatic heterocycles. The maximum atomic E-state index is 13.0. The number of anilines is 1. The van der Waals surface area contributed by atoms with E-state index in [2.05, 4.69) is 10.3 Å². The molecule has 1 heterocycles. The van der Waals surface area contributed by atoms with Gasteiger partial charge in [0.1, 0.15) is 5.60 Å². The Bertz CT molecular complexity index is 1160. The molecule has 0 saturated heterocycles. The Kier molecular flexibility index (Phi) is 4.53. The largest absolute Gasteiger partial charge is 0.444 e. The maximum Gasteiger partial charge on any atom is 0.412 e. The van der Waals surface area contributed by atoms with E-state index in [0.717, 1.165) is 33.2 Å². The lowest BCUT2D eigenvalue weighted by atomic mass is 10.1. The molecule has 0 bridgehead atoms. The molecule has 0 spiro atoms. The number of amides is 1. The van der Waals surface area contributed by atoms with Crippen LogP contribution in [0.4, 0.5) is 10.5 Å². The monoisotopic (exact) mass is 388 g/mol. The lowest BCUT2D eigenvalue weighted by Gasteiger charge is -2.19. The van der Waals surface area contributed by atoms with Gasteiger partial charge in [0.05, 0.1) is 5.69 Å². The molecule has 0 fully saturated rings. The number of hydrogen-bond donors (Lipinski definition) is 2. The van der Waals surface area contributed by atoms with Crippen molar-refractivity contribution < 1.29 is 14.3 Å². The molecule has 1 aliphatic carbocycles. The molecule has 2 N–H and O–H groups in total. The first kappa shape index (κ1) is 19.0. The van der Waals surface area contributed by atoms with Crippen molar-refractivity contribution in [2.75, 3.05) is 5.32 Å². The van der Waals surface area contributed by atoms with Crippen molar-refractivity contribution in [2.45, 2.75) is 39.7 Å². The van der Waals surface area contributed by atoms with Crippen molar-refractivity contribution >= 4 is 34.5 Å². The van der Waals surface area contributed by atoms with Crippen molar-refractivity contribution in [3.05, 3.63) is 70.4 Å². The molecule has 148 valence electrons. The second kappa shape index (κ2) is 6.92. The zero-order chi connectivity index (χ0) is 20.8. The maximum absolute atomic E-state index is 13.0. The normalized spacial score (nSPS) is 13.2. The quantitative estimate of drug-likeness (QED) is 0.570. The van der Waals surface area contributed by atoms with Gasteiger partial charge < -0.3 is 9.72 Å². The van der Waals surface area contributed by atoms with Crippen LogP contribution < -0.4 is 5.32 Å². The van der Waals surface area contributed by atoms with E-state index in [-0.39, 0.29) is 5.78 Å². The summed E-state index contributed by atoms with van der Waals surface area (Å²) in [7, 11) is 0. The summed E-state index contributed by atoms with van der Waals surface area (Å²) in [6.07, 6.45) is 1.98. The first-order valence-electron chi connectivity index (χ1n) is 9.66. The van der Waals surface area contributed by atoms with E-state index in [9.17, 15) is 9.59 Å². The summed E-state index contributed by atoms with van der Waals surface area (Å²) < 4.78 is 5.29. The number of allylic oxidation sites excluding steroid dienone is 1. The number of carbonyl (C=O) groups excluding carboxylic acids is 2. The van der Waals surface area contributed by atoms with E-state index in [1.807, 2.05) is 76.2 Å². The van der Waals surface area contributed by atoms with Gasteiger partial charge in [-0.15, -0.1) is 0 Å². The Hall–Kier alpha value is -3.34. The Labute approximate surface area is 169 Å². The summed E-state index contributed by atoms with van der Waals surface area (Å²) in [5.41, 5.74) is 5.53. The van der Waals surface area contributed by atoms with Crippen molar-refractivity contribution in [3.8, 4) is 0 Å². The summed E-state index contributed by atoms with van der Waals surface area (Å²) in [6.45, 7) is 7.50. The highest BCUT2D eigenvalue weighted by atomic mass is 16.6. The molecule has 0 saturated carbocycles. The molecule has 1 amide bonds. The van der Waals surface area contributed by atoms with Gasteiger partial charge in [0.2, 0.25) is 5.78 Å². The van der Waals surface area contributed by atoms with E-state index >= 15 is 0 Å². The Balaban J connectivity index is 1.55. The number of hydrogen-bond acceptors (Lipinski definition) is 3. The molecule has 5 nitrogen and oxygen atoms in total. The van der Waals surface area contributed by atoms with Crippen LogP contribution in [-0.4, -0.2) is 22.5 Å². The summed E-state index contributed by atoms with van der Waals surface area (Å²) in [4.78, 5) is 28.3. The fourth-order valence-electron chi connectivity index (χ4n) is 3.58. The Morgan fingerprint density at radius 2 is 1.90 bits per heavy atom. The van der Waals surface area contributed by atoms with Crippen molar-refractivity contribution in [3.63, 3.8) is 0 Å². The SMILES string of the molecule is Cc1cccc2[nH]c(C(=O)C3=Cc4cc(NC(=O)OC(C)(C)C)ccc4C3)cc12. The van der Waals surface area contributed by atoms with E-state index in [1.54, 1.807) is 0 Å². The van der Waals surface area contributed by atoms with Gasteiger partial charge in [-0.05, 0) is 74.7 Å². The minimum Gasteiger partial charge on any atom is -0.444 e. The number of nitrogens with one attached hydrogen (secondary N) is 2. The molecule has 3 aromatic rings. The standard InChI is InChI=1S/C24H24N2O3/c1-14-6-5-7-20-19(14)13-21(26-20)22(27)17-10-15-8-9-18(12-16(15)11-17)25-23(28)29-24(2,3)4/h5-9,11-13,26H,10H2,1-4H3,(H,25,28). The fraction of sp³-hybridized carbons (Fsp3) is 0.250. The predicted octanol–water partition coefficient (Wildman–Crippen LogP) is 5.65. The second-order valence-corrected chi connectivity index (χ2v) is 8.44. The number of carbonyl (C=O) groups is 2. The zero-order valence-electron chi connectivity index (χ0n) is 17.1. The van der Waals surface area contributed by atoms with Gasteiger partial charge in [-0.3, -0.25) is 10.1 Å². The average Bonchev–Trinajstić information content (AvgIpc) is 3.23. The first-order valence-corrected chi connectivity index (χ1v) is 9.66. The van der Waals surface area contributed by atoms with Crippen LogP contribution in [0, 0.1) is 6.92 Å². The number of ketones is 1. The van der Waals surface area contributed by atoms with Crippen LogP contribution in [0.5, 0.6) is 0 Å². The number of aryl methyl sites for hydroxylation is 1. The van der Waals surface area contributed by atoms with Gasteiger partial charge in [0.15, 0.2) is 0 Å². The summed E-state index contributed by atoms with van der Waals surface area (Å²) in [5, 5.41) is 3.81. The Morgan fingerprint density at radius 3 is 2.62 bits per heavy atom. The first-order chi connectivity index (χ1) is 13.7. The number of aromatic nitrogens is 1.